The third-order valence-electron chi connectivity index (χ3n) is 10.4. The molecule has 2 aliphatic carbocycles. The second-order valence-corrected chi connectivity index (χ2v) is 13.4. The second kappa shape index (κ2) is 12.2. The monoisotopic (exact) mass is 655 g/mol. The number of hydrogen-bond donors (Lipinski definition) is 0. The second-order valence-electron chi connectivity index (χ2n) is 13.4. The lowest BCUT2D eigenvalue weighted by molar-refractivity contribution is 0.672. The van der Waals surface area contributed by atoms with Gasteiger partial charge in [-0.1, -0.05) is 146 Å². The summed E-state index contributed by atoms with van der Waals surface area (Å²) in [7, 11) is 0. The average Bonchev–Trinajstić information content (AvgIpc) is 3.60. The van der Waals surface area contributed by atoms with E-state index in [0.717, 1.165) is 74.5 Å². The molecule has 0 spiro atoms. The van der Waals surface area contributed by atoms with Gasteiger partial charge in [0.15, 0.2) is 17.5 Å². The number of fused-ring (bicyclic) bond motifs is 6. The van der Waals surface area contributed by atoms with E-state index in [1.165, 1.54) is 27.5 Å². The Labute approximate surface area is 295 Å². The van der Waals surface area contributed by atoms with Gasteiger partial charge in [-0.05, 0) is 69.8 Å². The van der Waals surface area contributed by atoms with Crippen molar-refractivity contribution >= 4 is 54.6 Å². The van der Waals surface area contributed by atoms with Crippen molar-refractivity contribution in [2.45, 2.75) is 25.2 Å². The Bertz CT molecular complexity index is 2780. The third-order valence-corrected chi connectivity index (χ3v) is 10.4. The highest BCUT2D eigenvalue weighted by atomic mass is 16.3. The zero-order valence-corrected chi connectivity index (χ0v) is 28.0. The van der Waals surface area contributed by atoms with Gasteiger partial charge >= 0.3 is 0 Å². The Morgan fingerprint density at radius 3 is 2.20 bits per heavy atom. The van der Waals surface area contributed by atoms with Crippen molar-refractivity contribution in [2.75, 3.05) is 0 Å². The van der Waals surface area contributed by atoms with E-state index in [2.05, 4.69) is 140 Å². The molecule has 51 heavy (non-hydrogen) atoms. The van der Waals surface area contributed by atoms with Gasteiger partial charge in [0.1, 0.15) is 11.2 Å². The standard InChI is InChI=1S/C47H33N3O/c1-3-15-31(16-4-1)45-48-46(32-17-5-2-6-18-32)50-47(49-45)40-29-41-43-37(26-13-27-42(43)51-44(41)39-24-10-9-23-38(39)40)34-21-11-20-33(28-34)36-25-12-19-30-14-7-8-22-35(30)36/h1-5,7-17,19-27,29,33H,6,18,28H2. The van der Waals surface area contributed by atoms with Crippen molar-refractivity contribution in [3.8, 4) is 22.8 Å². The molecule has 242 valence electrons. The van der Waals surface area contributed by atoms with Gasteiger partial charge in [0.2, 0.25) is 0 Å². The molecule has 2 aromatic heterocycles. The summed E-state index contributed by atoms with van der Waals surface area (Å²) >= 11 is 0. The first-order valence-electron chi connectivity index (χ1n) is 17.7. The lowest BCUT2D eigenvalue weighted by Crippen LogP contribution is -2.04. The van der Waals surface area contributed by atoms with Gasteiger partial charge in [-0.3, -0.25) is 0 Å². The molecule has 6 aromatic carbocycles. The van der Waals surface area contributed by atoms with Crippen LogP contribution in [0.2, 0.25) is 0 Å². The molecule has 0 saturated carbocycles. The fourth-order valence-electron chi connectivity index (χ4n) is 7.91. The number of aromatic nitrogens is 3. The zero-order valence-electron chi connectivity index (χ0n) is 28.0. The summed E-state index contributed by atoms with van der Waals surface area (Å²) in [5.41, 5.74) is 8.67. The minimum absolute atomic E-state index is 0.268. The van der Waals surface area contributed by atoms with E-state index in [4.69, 9.17) is 19.4 Å². The molecular weight excluding hydrogens is 623 g/mol. The Hall–Kier alpha value is -6.39. The Morgan fingerprint density at radius 1 is 0.569 bits per heavy atom. The molecule has 4 heteroatoms. The lowest BCUT2D eigenvalue weighted by atomic mass is 9.82. The molecule has 8 aromatic rings. The number of furan rings is 1. The summed E-state index contributed by atoms with van der Waals surface area (Å²) in [4.78, 5) is 15.3. The van der Waals surface area contributed by atoms with Crippen molar-refractivity contribution < 1.29 is 4.42 Å². The Balaban J connectivity index is 1.17. The van der Waals surface area contributed by atoms with E-state index in [0.29, 0.717) is 11.6 Å². The van der Waals surface area contributed by atoms with Crippen molar-refractivity contribution in [3.63, 3.8) is 0 Å². The fraction of sp³-hybridized carbons (Fsp3) is 0.0851. The summed E-state index contributed by atoms with van der Waals surface area (Å²) in [6.45, 7) is 0. The topological polar surface area (TPSA) is 51.8 Å². The molecule has 0 saturated heterocycles. The molecular formula is C47H33N3O. The van der Waals surface area contributed by atoms with Crippen molar-refractivity contribution in [1.29, 1.82) is 0 Å². The van der Waals surface area contributed by atoms with Gasteiger partial charge in [0.05, 0.1) is 0 Å². The highest BCUT2D eigenvalue weighted by Crippen LogP contribution is 2.44. The van der Waals surface area contributed by atoms with Gasteiger partial charge in [-0.2, -0.15) is 0 Å². The van der Waals surface area contributed by atoms with E-state index in [-0.39, 0.29) is 5.92 Å². The van der Waals surface area contributed by atoms with Gasteiger partial charge in [-0.15, -0.1) is 0 Å². The lowest BCUT2D eigenvalue weighted by Gasteiger charge is -2.21. The maximum atomic E-state index is 6.75. The maximum absolute atomic E-state index is 6.75. The van der Waals surface area contributed by atoms with Crippen LogP contribution in [0.4, 0.5) is 0 Å². The molecule has 1 atom stereocenters. The van der Waals surface area contributed by atoms with E-state index < -0.39 is 0 Å². The number of benzene rings is 6. The Kier molecular flexibility index (Phi) is 7.05. The summed E-state index contributed by atoms with van der Waals surface area (Å²) < 4.78 is 6.75. The molecule has 2 heterocycles. The molecule has 0 aliphatic heterocycles. The Morgan fingerprint density at radius 2 is 1.31 bits per heavy atom. The summed E-state index contributed by atoms with van der Waals surface area (Å²) in [5, 5.41) is 6.86. The smallest absolute Gasteiger partial charge is 0.164 e. The number of rotatable bonds is 5. The molecule has 0 radical (unpaired) electrons. The van der Waals surface area contributed by atoms with E-state index in [1.807, 2.05) is 18.2 Å². The van der Waals surface area contributed by atoms with E-state index in [9.17, 15) is 0 Å². The van der Waals surface area contributed by atoms with Crippen LogP contribution < -0.4 is 0 Å². The molecule has 10 rings (SSSR count). The molecule has 0 bridgehead atoms. The minimum Gasteiger partial charge on any atom is -0.455 e. The fourth-order valence-corrected chi connectivity index (χ4v) is 7.91. The van der Waals surface area contributed by atoms with Crippen molar-refractivity contribution in [2.24, 2.45) is 0 Å². The predicted octanol–water partition coefficient (Wildman–Crippen LogP) is 12.3. The van der Waals surface area contributed by atoms with Crippen molar-refractivity contribution in [3.05, 3.63) is 175 Å². The molecule has 2 aliphatic rings. The van der Waals surface area contributed by atoms with Crippen LogP contribution in [0.15, 0.2) is 162 Å². The highest BCUT2D eigenvalue weighted by molar-refractivity contribution is 6.21. The highest BCUT2D eigenvalue weighted by Gasteiger charge is 2.23. The average molecular weight is 656 g/mol. The van der Waals surface area contributed by atoms with E-state index in [1.54, 1.807) is 0 Å². The number of allylic oxidation sites excluding steroid dienone is 8. The summed E-state index contributed by atoms with van der Waals surface area (Å²) in [6.07, 6.45) is 16.0. The normalized spacial score (nSPS) is 15.9. The molecule has 0 N–H and O–H groups in total. The van der Waals surface area contributed by atoms with Crippen LogP contribution in [0, 0.1) is 0 Å². The first-order chi connectivity index (χ1) is 25.3. The zero-order chi connectivity index (χ0) is 33.7. The number of nitrogens with zero attached hydrogens (tertiary/aromatic N) is 3. The SMILES string of the molecule is C1=CCCC(c2nc(-c3ccccc3)nc(-c3cc4c(oc5cccc(C6=CC=CC(c7cccc8ccccc78)C6)c54)c4ccccc34)n2)=C1. The minimum atomic E-state index is 0.268. The molecule has 0 amide bonds. The largest absolute Gasteiger partial charge is 0.455 e. The van der Waals surface area contributed by atoms with Crippen LogP contribution in [-0.2, 0) is 0 Å². The van der Waals surface area contributed by atoms with Gasteiger partial charge in [-0.25, -0.2) is 15.0 Å². The molecule has 4 nitrogen and oxygen atoms in total. The van der Waals surface area contributed by atoms with Crippen LogP contribution in [0.25, 0.3) is 77.4 Å². The first-order valence-corrected chi connectivity index (χ1v) is 17.7. The van der Waals surface area contributed by atoms with Crippen LogP contribution in [0.1, 0.15) is 42.1 Å². The van der Waals surface area contributed by atoms with Gasteiger partial charge < -0.3 is 4.42 Å². The number of hydrogen-bond acceptors (Lipinski definition) is 4. The predicted molar refractivity (Wildman–Crippen MR) is 210 cm³/mol. The van der Waals surface area contributed by atoms with Crippen LogP contribution in [0.5, 0.6) is 0 Å². The van der Waals surface area contributed by atoms with Crippen molar-refractivity contribution in [1.82, 2.24) is 15.0 Å². The molecule has 0 fully saturated rings. The van der Waals surface area contributed by atoms with Crippen LogP contribution in [-0.4, -0.2) is 15.0 Å². The summed E-state index contributed by atoms with van der Waals surface area (Å²) in [5.74, 6) is 2.33. The summed E-state index contributed by atoms with van der Waals surface area (Å²) in [6, 6.07) is 42.7. The molecule has 1 unspecified atom stereocenters. The first kappa shape index (κ1) is 29.5. The van der Waals surface area contributed by atoms with Crippen LogP contribution in [0.3, 0.4) is 0 Å². The third kappa shape index (κ3) is 5.11. The van der Waals surface area contributed by atoms with E-state index >= 15 is 0 Å². The van der Waals surface area contributed by atoms with Gasteiger partial charge in [0, 0.05) is 33.2 Å². The van der Waals surface area contributed by atoms with Crippen LogP contribution >= 0.6 is 0 Å². The quantitative estimate of drug-likeness (QED) is 0.185. The maximum Gasteiger partial charge on any atom is 0.164 e. The van der Waals surface area contributed by atoms with Gasteiger partial charge in [0.25, 0.3) is 0 Å².